The van der Waals surface area contributed by atoms with Crippen molar-refractivity contribution in [2.24, 2.45) is 0 Å². The Morgan fingerprint density at radius 1 is 0.897 bits per heavy atom. The molecule has 1 aliphatic heterocycles. The van der Waals surface area contributed by atoms with Crippen LogP contribution in [0.1, 0.15) is 19.4 Å². The molecule has 2 aromatic carbocycles. The van der Waals surface area contributed by atoms with E-state index in [9.17, 15) is 8.42 Å². The molecule has 0 aromatic heterocycles. The van der Waals surface area contributed by atoms with Gasteiger partial charge in [-0.15, -0.1) is 12.4 Å². The minimum Gasteiger partial charge on any atom is -0.486 e. The topological polar surface area (TPSA) is 59.1 Å². The first-order valence-corrected chi connectivity index (χ1v) is 11.1. The van der Waals surface area contributed by atoms with Gasteiger partial charge in [-0.25, -0.2) is 8.42 Å². The summed E-state index contributed by atoms with van der Waals surface area (Å²) in [6.45, 7) is 9.80. The van der Waals surface area contributed by atoms with Crippen LogP contribution in [-0.4, -0.2) is 52.7 Å². The van der Waals surface area contributed by atoms with Crippen LogP contribution in [0.2, 0.25) is 0 Å². The van der Waals surface area contributed by atoms with Gasteiger partial charge >= 0.3 is 0 Å². The second-order valence-electron chi connectivity index (χ2n) is 6.75. The van der Waals surface area contributed by atoms with Crippen LogP contribution in [0.25, 0.3) is 0 Å². The zero-order chi connectivity index (χ0) is 20.1. The highest BCUT2D eigenvalue weighted by Gasteiger charge is 2.26. The predicted molar refractivity (Wildman–Crippen MR) is 118 cm³/mol. The number of aryl methyl sites for hydroxylation is 1. The maximum Gasteiger partial charge on any atom is 0.264 e. The average Bonchev–Trinajstić information content (AvgIpc) is 2.71. The number of hydrogen-bond acceptors (Lipinski definition) is 5. The normalized spacial score (nSPS) is 13.1. The minimum absolute atomic E-state index is 0. The van der Waals surface area contributed by atoms with Crippen LogP contribution in [0.15, 0.2) is 47.4 Å². The number of likely N-dealkylation sites (N-methyl/N-ethyl adjacent to an activating group) is 1. The Morgan fingerprint density at radius 2 is 1.52 bits per heavy atom. The van der Waals surface area contributed by atoms with Gasteiger partial charge in [0.15, 0.2) is 11.5 Å². The molecule has 0 bridgehead atoms. The second-order valence-corrected chi connectivity index (χ2v) is 8.61. The number of halogens is 1. The van der Waals surface area contributed by atoms with Gasteiger partial charge in [-0.05, 0) is 44.3 Å². The lowest BCUT2D eigenvalue weighted by molar-refractivity contribution is 0.171. The SMILES string of the molecule is CCN(CC)CCN(c1ccc2c(c1)OCCO2)S(=O)(=O)c1ccc(C)cc1.Cl. The van der Waals surface area contributed by atoms with Crippen LogP contribution in [0.5, 0.6) is 11.5 Å². The Hall–Kier alpha value is -1.96. The van der Waals surface area contributed by atoms with Gasteiger partial charge in [-0.1, -0.05) is 31.5 Å². The molecule has 160 valence electrons. The van der Waals surface area contributed by atoms with E-state index in [1.807, 2.05) is 19.1 Å². The summed E-state index contributed by atoms with van der Waals surface area (Å²) in [5.41, 5.74) is 1.60. The maximum absolute atomic E-state index is 13.4. The average molecular weight is 441 g/mol. The van der Waals surface area contributed by atoms with Crippen LogP contribution in [-0.2, 0) is 10.0 Å². The number of rotatable bonds is 8. The Labute approximate surface area is 179 Å². The molecule has 6 nitrogen and oxygen atoms in total. The molecule has 0 spiro atoms. The van der Waals surface area contributed by atoms with Gasteiger partial charge < -0.3 is 14.4 Å². The van der Waals surface area contributed by atoms with E-state index in [1.165, 1.54) is 4.31 Å². The largest absolute Gasteiger partial charge is 0.486 e. The molecule has 1 heterocycles. The first-order chi connectivity index (χ1) is 13.5. The third kappa shape index (κ3) is 5.35. The number of sulfonamides is 1. The smallest absolute Gasteiger partial charge is 0.264 e. The van der Waals surface area contributed by atoms with E-state index in [0.717, 1.165) is 18.7 Å². The molecule has 3 rings (SSSR count). The molecular formula is C21H29ClN2O4S. The van der Waals surface area contributed by atoms with Gasteiger partial charge in [0.05, 0.1) is 10.6 Å². The summed E-state index contributed by atoms with van der Waals surface area (Å²) in [5, 5.41) is 0. The van der Waals surface area contributed by atoms with Crippen LogP contribution < -0.4 is 13.8 Å². The lowest BCUT2D eigenvalue weighted by Crippen LogP contribution is -2.39. The highest BCUT2D eigenvalue weighted by Crippen LogP contribution is 2.35. The molecule has 0 saturated carbocycles. The zero-order valence-corrected chi connectivity index (χ0v) is 18.8. The summed E-state index contributed by atoms with van der Waals surface area (Å²) in [7, 11) is -3.70. The van der Waals surface area contributed by atoms with E-state index in [2.05, 4.69) is 18.7 Å². The van der Waals surface area contributed by atoms with Crippen molar-refractivity contribution in [1.29, 1.82) is 0 Å². The standard InChI is InChI=1S/C21H28N2O4S.ClH/c1-4-22(5-2)12-13-23(28(24,25)19-9-6-17(3)7-10-19)18-8-11-20-21(16-18)27-15-14-26-20;/h6-11,16H,4-5,12-15H2,1-3H3;1H. The molecule has 0 fully saturated rings. The van der Waals surface area contributed by atoms with Gasteiger partial charge in [0.2, 0.25) is 0 Å². The van der Waals surface area contributed by atoms with E-state index in [-0.39, 0.29) is 17.3 Å². The molecule has 0 radical (unpaired) electrons. The fourth-order valence-electron chi connectivity index (χ4n) is 3.18. The fourth-order valence-corrected chi connectivity index (χ4v) is 4.63. The number of benzene rings is 2. The van der Waals surface area contributed by atoms with Crippen molar-refractivity contribution < 1.29 is 17.9 Å². The van der Waals surface area contributed by atoms with Crippen molar-refractivity contribution in [3.8, 4) is 11.5 Å². The first kappa shape index (κ1) is 23.3. The Kier molecular flexibility index (Phi) is 8.19. The number of fused-ring (bicyclic) bond motifs is 1. The number of nitrogens with zero attached hydrogens (tertiary/aromatic N) is 2. The van der Waals surface area contributed by atoms with Crippen LogP contribution >= 0.6 is 12.4 Å². The lowest BCUT2D eigenvalue weighted by Gasteiger charge is -2.29. The van der Waals surface area contributed by atoms with Crippen molar-refractivity contribution in [2.45, 2.75) is 25.7 Å². The summed E-state index contributed by atoms with van der Waals surface area (Å²) in [6, 6.07) is 12.3. The maximum atomic E-state index is 13.4. The monoisotopic (exact) mass is 440 g/mol. The van der Waals surface area contributed by atoms with Gasteiger partial charge in [0.1, 0.15) is 13.2 Å². The van der Waals surface area contributed by atoms with Gasteiger partial charge in [0.25, 0.3) is 10.0 Å². The highest BCUT2D eigenvalue weighted by atomic mass is 35.5. The zero-order valence-electron chi connectivity index (χ0n) is 17.1. The van der Waals surface area contributed by atoms with Crippen molar-refractivity contribution >= 4 is 28.1 Å². The van der Waals surface area contributed by atoms with Crippen LogP contribution in [0.4, 0.5) is 5.69 Å². The molecule has 0 unspecified atom stereocenters. The summed E-state index contributed by atoms with van der Waals surface area (Å²) in [6.07, 6.45) is 0. The third-order valence-corrected chi connectivity index (χ3v) is 6.78. The number of hydrogen-bond donors (Lipinski definition) is 0. The van der Waals surface area contributed by atoms with E-state index in [4.69, 9.17) is 9.47 Å². The summed E-state index contributed by atoms with van der Waals surface area (Å²) >= 11 is 0. The molecule has 0 aliphatic carbocycles. The van der Waals surface area contributed by atoms with Crippen molar-refractivity contribution in [3.63, 3.8) is 0 Å². The Bertz CT molecular complexity index is 899. The number of ether oxygens (including phenoxy) is 2. The third-order valence-electron chi connectivity index (χ3n) is 4.94. The second kappa shape index (κ2) is 10.2. The van der Waals surface area contributed by atoms with E-state index in [0.29, 0.717) is 43.5 Å². The first-order valence-electron chi connectivity index (χ1n) is 9.67. The number of anilines is 1. The minimum atomic E-state index is -3.70. The fraction of sp³-hybridized carbons (Fsp3) is 0.429. The molecule has 0 atom stereocenters. The predicted octanol–water partition coefficient (Wildman–Crippen LogP) is 3.73. The summed E-state index contributed by atoms with van der Waals surface area (Å²) in [4.78, 5) is 2.49. The summed E-state index contributed by atoms with van der Waals surface area (Å²) in [5.74, 6) is 1.22. The Morgan fingerprint density at radius 3 is 2.14 bits per heavy atom. The van der Waals surface area contributed by atoms with E-state index >= 15 is 0 Å². The van der Waals surface area contributed by atoms with Crippen molar-refractivity contribution in [1.82, 2.24) is 4.90 Å². The van der Waals surface area contributed by atoms with Crippen molar-refractivity contribution in [2.75, 3.05) is 43.7 Å². The highest BCUT2D eigenvalue weighted by molar-refractivity contribution is 7.92. The molecule has 29 heavy (non-hydrogen) atoms. The van der Waals surface area contributed by atoms with Gasteiger partial charge in [0, 0.05) is 19.2 Å². The summed E-state index contributed by atoms with van der Waals surface area (Å²) < 4.78 is 39.6. The van der Waals surface area contributed by atoms with Gasteiger partial charge in [-0.2, -0.15) is 0 Å². The molecule has 0 saturated heterocycles. The molecular weight excluding hydrogens is 412 g/mol. The van der Waals surface area contributed by atoms with E-state index < -0.39 is 10.0 Å². The molecule has 8 heteroatoms. The molecule has 1 aliphatic rings. The van der Waals surface area contributed by atoms with Crippen LogP contribution in [0, 0.1) is 6.92 Å². The quantitative estimate of drug-likeness (QED) is 0.626. The van der Waals surface area contributed by atoms with Crippen molar-refractivity contribution in [3.05, 3.63) is 48.0 Å². The van der Waals surface area contributed by atoms with Crippen LogP contribution in [0.3, 0.4) is 0 Å². The van der Waals surface area contributed by atoms with Gasteiger partial charge in [-0.3, -0.25) is 4.31 Å². The van der Waals surface area contributed by atoms with E-state index in [1.54, 1.807) is 30.3 Å². The molecule has 0 amide bonds. The lowest BCUT2D eigenvalue weighted by atomic mass is 10.2. The molecule has 2 aromatic rings. The molecule has 0 N–H and O–H groups in total. The Balaban J connectivity index is 0.00000300.